The number of nitrogens with zero attached hydrogens (tertiary/aromatic N) is 3. The minimum absolute atomic E-state index is 0.280. The summed E-state index contributed by atoms with van der Waals surface area (Å²) in [5.41, 5.74) is 13.6. The summed E-state index contributed by atoms with van der Waals surface area (Å²) in [7, 11) is 0. The molecule has 17 heavy (non-hydrogen) atoms. The Balaban J connectivity index is 2.29. The van der Waals surface area contributed by atoms with Gasteiger partial charge in [0, 0.05) is 0 Å². The van der Waals surface area contributed by atoms with Crippen LogP contribution in [0, 0.1) is 6.92 Å². The Morgan fingerprint density at radius 3 is 2.35 bits per heavy atom. The third-order valence-corrected chi connectivity index (χ3v) is 2.30. The maximum absolute atomic E-state index is 5.68. The number of pyridine rings is 1. The predicted molar refractivity (Wildman–Crippen MR) is 68.4 cm³/mol. The van der Waals surface area contributed by atoms with Crippen molar-refractivity contribution in [1.82, 2.24) is 4.98 Å². The maximum atomic E-state index is 5.68. The van der Waals surface area contributed by atoms with E-state index in [1.807, 2.05) is 31.2 Å². The fourth-order valence-electron chi connectivity index (χ4n) is 1.35. The molecule has 1 heterocycles. The lowest BCUT2D eigenvalue weighted by molar-refractivity contribution is 1.19. The Morgan fingerprint density at radius 1 is 0.941 bits per heavy atom. The highest BCUT2D eigenvalue weighted by Gasteiger charge is 2.00. The van der Waals surface area contributed by atoms with E-state index >= 15 is 0 Å². The number of rotatable bonds is 2. The molecule has 0 amide bonds. The van der Waals surface area contributed by atoms with Gasteiger partial charge in [-0.15, -0.1) is 5.11 Å². The van der Waals surface area contributed by atoms with Crippen molar-refractivity contribution in [2.45, 2.75) is 6.92 Å². The van der Waals surface area contributed by atoms with Crippen LogP contribution in [0.3, 0.4) is 0 Å². The van der Waals surface area contributed by atoms with Gasteiger partial charge in [-0.25, -0.2) is 4.98 Å². The van der Waals surface area contributed by atoms with Gasteiger partial charge in [0.1, 0.15) is 11.5 Å². The zero-order chi connectivity index (χ0) is 12.3. The lowest BCUT2D eigenvalue weighted by atomic mass is 10.2. The van der Waals surface area contributed by atoms with Crippen LogP contribution in [0.2, 0.25) is 0 Å². The third-order valence-electron chi connectivity index (χ3n) is 2.30. The Kier molecular flexibility index (Phi) is 3.00. The second kappa shape index (κ2) is 4.61. The van der Waals surface area contributed by atoms with Crippen LogP contribution in [0.15, 0.2) is 46.6 Å². The molecular weight excluding hydrogens is 214 g/mol. The zero-order valence-corrected chi connectivity index (χ0v) is 9.46. The number of azo groups is 1. The van der Waals surface area contributed by atoms with E-state index in [1.165, 1.54) is 0 Å². The van der Waals surface area contributed by atoms with Crippen LogP contribution in [0.4, 0.5) is 23.0 Å². The summed E-state index contributed by atoms with van der Waals surface area (Å²) >= 11 is 0. The second-order valence-corrected chi connectivity index (χ2v) is 3.63. The van der Waals surface area contributed by atoms with Crippen LogP contribution in [0.5, 0.6) is 0 Å². The summed E-state index contributed by atoms with van der Waals surface area (Å²) in [6.07, 6.45) is 0. The molecule has 0 unspecified atom stereocenters. The van der Waals surface area contributed by atoms with Crippen LogP contribution in [0.25, 0.3) is 0 Å². The lowest BCUT2D eigenvalue weighted by Crippen LogP contribution is -1.95. The third kappa shape index (κ3) is 2.57. The fraction of sp³-hybridized carbons (Fsp3) is 0.0833. The highest BCUT2D eigenvalue weighted by Crippen LogP contribution is 2.25. The van der Waals surface area contributed by atoms with Crippen LogP contribution in [-0.2, 0) is 0 Å². The Bertz CT molecular complexity index is 563. The molecule has 5 nitrogen and oxygen atoms in total. The molecule has 0 spiro atoms. The molecule has 0 saturated carbocycles. The van der Waals surface area contributed by atoms with Crippen molar-refractivity contribution in [2.24, 2.45) is 10.2 Å². The quantitative estimate of drug-likeness (QED) is 0.773. The maximum Gasteiger partial charge on any atom is 0.153 e. The van der Waals surface area contributed by atoms with E-state index in [2.05, 4.69) is 15.2 Å². The smallest absolute Gasteiger partial charge is 0.153 e. The van der Waals surface area contributed by atoms with E-state index in [0.717, 1.165) is 11.3 Å². The minimum atomic E-state index is 0.280. The van der Waals surface area contributed by atoms with Crippen molar-refractivity contribution in [3.63, 3.8) is 0 Å². The summed E-state index contributed by atoms with van der Waals surface area (Å²) < 4.78 is 0. The summed E-state index contributed by atoms with van der Waals surface area (Å²) in [4.78, 5) is 3.91. The number of nitrogen functional groups attached to an aromatic ring is 2. The molecule has 5 heteroatoms. The van der Waals surface area contributed by atoms with Gasteiger partial charge in [0.2, 0.25) is 0 Å². The topological polar surface area (TPSA) is 89.6 Å². The molecule has 4 N–H and O–H groups in total. The summed E-state index contributed by atoms with van der Waals surface area (Å²) in [6, 6.07) is 11.1. The molecule has 86 valence electrons. The van der Waals surface area contributed by atoms with E-state index in [1.54, 1.807) is 12.1 Å². The van der Waals surface area contributed by atoms with Gasteiger partial charge in [-0.05, 0) is 30.7 Å². The number of nitrogens with two attached hydrogens (primary N) is 2. The van der Waals surface area contributed by atoms with Crippen LogP contribution < -0.4 is 11.5 Å². The van der Waals surface area contributed by atoms with Crippen molar-refractivity contribution < 1.29 is 0 Å². The first-order valence-electron chi connectivity index (χ1n) is 5.16. The Labute approximate surface area is 99.2 Å². The molecule has 0 aliphatic carbocycles. The molecule has 0 atom stereocenters. The van der Waals surface area contributed by atoms with Crippen molar-refractivity contribution >= 4 is 23.0 Å². The van der Waals surface area contributed by atoms with Crippen LogP contribution >= 0.6 is 0 Å². The van der Waals surface area contributed by atoms with Crippen molar-refractivity contribution in [1.29, 1.82) is 0 Å². The van der Waals surface area contributed by atoms with Gasteiger partial charge < -0.3 is 11.5 Å². The monoisotopic (exact) mass is 227 g/mol. The van der Waals surface area contributed by atoms with E-state index in [0.29, 0.717) is 11.5 Å². The van der Waals surface area contributed by atoms with Gasteiger partial charge in [0.15, 0.2) is 5.82 Å². The average molecular weight is 227 g/mol. The molecule has 0 aliphatic heterocycles. The van der Waals surface area contributed by atoms with Crippen molar-refractivity contribution in [3.05, 3.63) is 42.0 Å². The first-order valence-corrected chi connectivity index (χ1v) is 5.16. The van der Waals surface area contributed by atoms with E-state index < -0.39 is 0 Å². The molecule has 0 saturated heterocycles. The first-order chi connectivity index (χ1) is 8.16. The van der Waals surface area contributed by atoms with Gasteiger partial charge in [0.25, 0.3) is 0 Å². The Hall–Kier alpha value is -2.43. The number of benzene rings is 1. The molecule has 0 aliphatic rings. The van der Waals surface area contributed by atoms with Crippen molar-refractivity contribution in [3.8, 4) is 0 Å². The predicted octanol–water partition coefficient (Wildman–Crippen LogP) is 2.97. The normalized spacial score (nSPS) is 10.9. The summed E-state index contributed by atoms with van der Waals surface area (Å²) in [6.45, 7) is 1.97. The van der Waals surface area contributed by atoms with Gasteiger partial charge in [0.05, 0.1) is 5.69 Å². The second-order valence-electron chi connectivity index (χ2n) is 3.63. The molecule has 1 aromatic carbocycles. The highest BCUT2D eigenvalue weighted by atomic mass is 15.1. The summed E-state index contributed by atoms with van der Waals surface area (Å²) in [5.74, 6) is 0.652. The number of hydrogen-bond acceptors (Lipinski definition) is 5. The highest BCUT2D eigenvalue weighted by molar-refractivity contribution is 5.60. The SMILES string of the molecule is Cc1ccccc1N=Nc1ccc(N)nc1N. The van der Waals surface area contributed by atoms with Gasteiger partial charge in [-0.2, -0.15) is 5.11 Å². The number of anilines is 2. The van der Waals surface area contributed by atoms with Crippen molar-refractivity contribution in [2.75, 3.05) is 11.5 Å². The van der Waals surface area contributed by atoms with Crippen LogP contribution in [-0.4, -0.2) is 4.98 Å². The van der Waals surface area contributed by atoms with E-state index in [9.17, 15) is 0 Å². The average Bonchev–Trinajstić information content (AvgIpc) is 2.30. The zero-order valence-electron chi connectivity index (χ0n) is 9.46. The Morgan fingerprint density at radius 2 is 1.65 bits per heavy atom. The number of aromatic nitrogens is 1. The van der Waals surface area contributed by atoms with E-state index in [-0.39, 0.29) is 5.82 Å². The first kappa shape index (κ1) is 11.1. The standard InChI is InChI=1S/C12H13N5/c1-8-4-2-3-5-9(8)16-17-10-6-7-11(13)15-12(10)14/h2-7H,1H3,(H4,13,14,15). The molecule has 0 radical (unpaired) electrons. The molecule has 1 aromatic heterocycles. The van der Waals surface area contributed by atoms with Crippen LogP contribution in [0.1, 0.15) is 5.56 Å². The summed E-state index contributed by atoms with van der Waals surface area (Å²) in [5, 5.41) is 8.19. The van der Waals surface area contributed by atoms with Gasteiger partial charge in [-0.3, -0.25) is 0 Å². The molecule has 0 bridgehead atoms. The van der Waals surface area contributed by atoms with Gasteiger partial charge in [-0.1, -0.05) is 18.2 Å². The molecule has 2 aromatic rings. The van der Waals surface area contributed by atoms with Gasteiger partial charge >= 0.3 is 0 Å². The molecule has 0 fully saturated rings. The lowest BCUT2D eigenvalue weighted by Gasteiger charge is -2.00. The molecular formula is C12H13N5. The molecule has 2 rings (SSSR count). The number of aryl methyl sites for hydroxylation is 1. The largest absolute Gasteiger partial charge is 0.384 e. The minimum Gasteiger partial charge on any atom is -0.384 e. The fourth-order valence-corrected chi connectivity index (χ4v) is 1.35. The number of hydrogen-bond donors (Lipinski definition) is 2. The van der Waals surface area contributed by atoms with E-state index in [4.69, 9.17) is 11.5 Å².